The summed E-state index contributed by atoms with van der Waals surface area (Å²) in [5, 5.41) is 8.06. The number of hydrogen-bond donors (Lipinski definition) is 1. The average molecular weight is 532 g/mol. The summed E-state index contributed by atoms with van der Waals surface area (Å²) >= 11 is 15.7. The van der Waals surface area contributed by atoms with Crippen LogP contribution in [-0.4, -0.2) is 27.3 Å². The van der Waals surface area contributed by atoms with E-state index >= 15 is 0 Å². The van der Waals surface area contributed by atoms with E-state index < -0.39 is 5.91 Å². The van der Waals surface area contributed by atoms with Crippen molar-refractivity contribution in [3.8, 4) is 22.8 Å². The molecule has 1 N–H and O–H groups in total. The molecule has 32 heavy (non-hydrogen) atoms. The third kappa shape index (κ3) is 4.96. The van der Waals surface area contributed by atoms with Gasteiger partial charge >= 0.3 is 0 Å². The molecule has 162 valence electrons. The molecule has 0 fully saturated rings. The van der Waals surface area contributed by atoms with Crippen molar-refractivity contribution in [2.24, 2.45) is 0 Å². The number of hydrogen-bond acceptors (Lipinski definition) is 4. The Bertz CT molecular complexity index is 1260. The number of halogens is 3. The molecule has 0 atom stereocenters. The number of carbonyl (C=O) groups excluding carboxylic acids is 1. The summed E-state index contributed by atoms with van der Waals surface area (Å²) < 4.78 is 7.92. The van der Waals surface area contributed by atoms with Crippen LogP contribution in [0, 0.1) is 0 Å². The van der Waals surface area contributed by atoms with Crippen molar-refractivity contribution in [2.75, 3.05) is 11.9 Å². The zero-order valence-electron chi connectivity index (χ0n) is 16.8. The van der Waals surface area contributed by atoms with E-state index in [4.69, 9.17) is 27.9 Å². The molecular formula is C23H17BrCl2N4O2. The van der Waals surface area contributed by atoms with E-state index in [1.165, 1.54) is 0 Å². The van der Waals surface area contributed by atoms with E-state index in [0.717, 1.165) is 15.8 Å². The largest absolute Gasteiger partial charge is 0.494 e. The van der Waals surface area contributed by atoms with Gasteiger partial charge in [-0.25, -0.2) is 9.67 Å². The van der Waals surface area contributed by atoms with Gasteiger partial charge in [0.25, 0.3) is 5.91 Å². The molecule has 0 spiro atoms. The molecule has 1 aromatic heterocycles. The number of anilines is 1. The van der Waals surface area contributed by atoms with Gasteiger partial charge in [-0.2, -0.15) is 0 Å². The predicted molar refractivity (Wildman–Crippen MR) is 130 cm³/mol. The number of rotatable bonds is 6. The standard InChI is InChI=1S/C23H17BrCl2N4O2/c1-2-32-18-10-7-16(8-11-18)27-23(31)21-28-22(14-3-5-15(24)6-4-14)30(29-21)17-9-12-19(25)20(26)13-17/h3-13H,2H2,1H3,(H,27,31). The van der Waals surface area contributed by atoms with Gasteiger partial charge in [0.15, 0.2) is 5.82 Å². The molecule has 3 aromatic carbocycles. The van der Waals surface area contributed by atoms with Gasteiger partial charge in [0.05, 0.1) is 22.3 Å². The van der Waals surface area contributed by atoms with E-state index in [2.05, 4.69) is 31.3 Å². The molecule has 0 bridgehead atoms. The minimum absolute atomic E-state index is 0.0166. The topological polar surface area (TPSA) is 69.0 Å². The van der Waals surface area contributed by atoms with Gasteiger partial charge in [-0.15, -0.1) is 5.10 Å². The van der Waals surface area contributed by atoms with Crippen molar-refractivity contribution in [1.29, 1.82) is 0 Å². The van der Waals surface area contributed by atoms with Gasteiger partial charge in [-0.05, 0) is 61.5 Å². The summed E-state index contributed by atoms with van der Waals surface area (Å²) in [6.07, 6.45) is 0. The molecule has 0 unspecified atom stereocenters. The zero-order valence-corrected chi connectivity index (χ0v) is 19.9. The van der Waals surface area contributed by atoms with Crippen LogP contribution in [0.15, 0.2) is 71.2 Å². The van der Waals surface area contributed by atoms with E-state index in [1.54, 1.807) is 47.1 Å². The van der Waals surface area contributed by atoms with Crippen molar-refractivity contribution in [2.45, 2.75) is 6.92 Å². The Hall–Kier alpha value is -2.87. The monoisotopic (exact) mass is 530 g/mol. The molecule has 0 saturated heterocycles. The smallest absolute Gasteiger partial charge is 0.295 e. The van der Waals surface area contributed by atoms with Crippen LogP contribution in [0.1, 0.15) is 17.5 Å². The van der Waals surface area contributed by atoms with Gasteiger partial charge in [0.1, 0.15) is 5.75 Å². The highest BCUT2D eigenvalue weighted by Crippen LogP contribution is 2.28. The quantitative estimate of drug-likeness (QED) is 0.302. The maximum Gasteiger partial charge on any atom is 0.295 e. The van der Waals surface area contributed by atoms with E-state index in [1.807, 2.05) is 31.2 Å². The van der Waals surface area contributed by atoms with Crippen LogP contribution < -0.4 is 10.1 Å². The minimum atomic E-state index is -0.439. The summed E-state index contributed by atoms with van der Waals surface area (Å²) in [7, 11) is 0. The third-order valence-corrected chi connectivity index (χ3v) is 5.75. The first kappa shape index (κ1) is 22.3. The third-order valence-electron chi connectivity index (χ3n) is 4.48. The maximum absolute atomic E-state index is 12.9. The SMILES string of the molecule is CCOc1ccc(NC(=O)c2nc(-c3ccc(Br)cc3)n(-c3ccc(Cl)c(Cl)c3)n2)cc1. The number of amides is 1. The fourth-order valence-electron chi connectivity index (χ4n) is 2.98. The van der Waals surface area contributed by atoms with Crippen LogP contribution >= 0.6 is 39.1 Å². The molecule has 0 aliphatic carbocycles. The molecule has 1 amide bonds. The van der Waals surface area contributed by atoms with Crippen LogP contribution in [0.25, 0.3) is 17.1 Å². The van der Waals surface area contributed by atoms with Crippen LogP contribution in [-0.2, 0) is 0 Å². The second-order valence-electron chi connectivity index (χ2n) is 6.69. The van der Waals surface area contributed by atoms with E-state index in [0.29, 0.717) is 33.9 Å². The van der Waals surface area contributed by atoms with Crippen molar-refractivity contribution in [3.05, 3.63) is 87.1 Å². The van der Waals surface area contributed by atoms with Crippen molar-refractivity contribution in [1.82, 2.24) is 14.8 Å². The van der Waals surface area contributed by atoms with Gasteiger partial charge in [-0.1, -0.05) is 51.3 Å². The van der Waals surface area contributed by atoms with E-state index in [9.17, 15) is 4.79 Å². The molecule has 4 rings (SSSR count). The fourth-order valence-corrected chi connectivity index (χ4v) is 3.54. The summed E-state index contributed by atoms with van der Waals surface area (Å²) in [4.78, 5) is 17.4. The number of carbonyl (C=O) groups is 1. The summed E-state index contributed by atoms with van der Waals surface area (Å²) in [6.45, 7) is 2.48. The first-order valence-corrected chi connectivity index (χ1v) is 11.2. The molecule has 0 aliphatic heterocycles. The first-order chi connectivity index (χ1) is 15.4. The van der Waals surface area contributed by atoms with Crippen LogP contribution in [0.4, 0.5) is 5.69 Å². The first-order valence-electron chi connectivity index (χ1n) is 9.67. The van der Waals surface area contributed by atoms with Crippen LogP contribution in [0.3, 0.4) is 0 Å². The second kappa shape index (κ2) is 9.73. The van der Waals surface area contributed by atoms with Gasteiger partial charge in [-0.3, -0.25) is 4.79 Å². The lowest BCUT2D eigenvalue weighted by molar-refractivity contribution is 0.101. The van der Waals surface area contributed by atoms with Crippen molar-refractivity contribution in [3.63, 3.8) is 0 Å². The molecular weight excluding hydrogens is 515 g/mol. The van der Waals surface area contributed by atoms with Crippen molar-refractivity contribution >= 4 is 50.7 Å². The lowest BCUT2D eigenvalue weighted by atomic mass is 10.2. The van der Waals surface area contributed by atoms with Gasteiger partial charge in [0.2, 0.25) is 5.82 Å². The van der Waals surface area contributed by atoms with Crippen LogP contribution in [0.2, 0.25) is 10.0 Å². The molecule has 0 aliphatic rings. The van der Waals surface area contributed by atoms with Crippen LogP contribution in [0.5, 0.6) is 5.75 Å². The predicted octanol–water partition coefficient (Wildman–Crippen LogP) is 6.65. The highest BCUT2D eigenvalue weighted by molar-refractivity contribution is 9.10. The Labute approximate surface area is 203 Å². The van der Waals surface area contributed by atoms with Crippen molar-refractivity contribution < 1.29 is 9.53 Å². The lowest BCUT2D eigenvalue weighted by Crippen LogP contribution is -2.14. The summed E-state index contributed by atoms with van der Waals surface area (Å²) in [6, 6.07) is 19.8. The molecule has 9 heteroatoms. The molecule has 6 nitrogen and oxygen atoms in total. The molecule has 4 aromatic rings. The Kier molecular flexibility index (Phi) is 6.79. The summed E-state index contributed by atoms with van der Waals surface area (Å²) in [5.41, 5.74) is 2.02. The number of nitrogens with zero attached hydrogens (tertiary/aromatic N) is 3. The molecule has 0 saturated carbocycles. The maximum atomic E-state index is 12.9. The highest BCUT2D eigenvalue weighted by Gasteiger charge is 2.19. The Morgan fingerprint density at radius 1 is 1.03 bits per heavy atom. The lowest BCUT2D eigenvalue weighted by Gasteiger charge is -2.07. The number of nitrogens with one attached hydrogen (secondary N) is 1. The average Bonchev–Trinajstić information content (AvgIpc) is 3.23. The normalized spacial score (nSPS) is 10.8. The Balaban J connectivity index is 1.70. The number of benzene rings is 3. The number of ether oxygens (including phenoxy) is 1. The summed E-state index contributed by atoms with van der Waals surface area (Å²) in [5.74, 6) is 0.798. The Morgan fingerprint density at radius 3 is 2.41 bits per heavy atom. The highest BCUT2D eigenvalue weighted by atomic mass is 79.9. The molecule has 1 heterocycles. The minimum Gasteiger partial charge on any atom is -0.494 e. The van der Waals surface area contributed by atoms with Gasteiger partial charge < -0.3 is 10.1 Å². The fraction of sp³-hybridized carbons (Fsp3) is 0.0870. The number of aromatic nitrogens is 3. The Morgan fingerprint density at radius 2 is 1.75 bits per heavy atom. The molecule has 0 radical (unpaired) electrons. The van der Waals surface area contributed by atoms with Gasteiger partial charge in [0, 0.05) is 15.7 Å². The zero-order chi connectivity index (χ0) is 22.7. The second-order valence-corrected chi connectivity index (χ2v) is 8.42. The van der Waals surface area contributed by atoms with E-state index in [-0.39, 0.29) is 5.82 Å².